The van der Waals surface area contributed by atoms with Crippen molar-refractivity contribution in [2.45, 2.75) is 39.0 Å². The Hall–Kier alpha value is -3.48. The molecule has 4 heterocycles. The third kappa shape index (κ3) is 2.32. The van der Waals surface area contributed by atoms with Gasteiger partial charge in [0.25, 0.3) is 5.56 Å². The summed E-state index contributed by atoms with van der Waals surface area (Å²) in [5.41, 5.74) is 2.65. The number of nitrogens with zero attached hydrogens (tertiary/aromatic N) is 2. The highest BCUT2D eigenvalue weighted by Crippen LogP contribution is 2.40. The molecule has 0 aliphatic carbocycles. The Balaban J connectivity index is 1.83. The van der Waals surface area contributed by atoms with Crippen molar-refractivity contribution in [3.8, 4) is 11.4 Å². The molecule has 2 aromatic heterocycles. The van der Waals surface area contributed by atoms with Gasteiger partial charge in [-0.2, -0.15) is 4.57 Å². The summed E-state index contributed by atoms with van der Waals surface area (Å²) in [6.07, 6.45) is 0.179. The maximum absolute atomic E-state index is 13.4. The van der Waals surface area contributed by atoms with Crippen molar-refractivity contribution in [3.05, 3.63) is 63.4 Å². The second-order valence-electron chi connectivity index (χ2n) is 7.80. The minimum atomic E-state index is -1.60. The fourth-order valence-corrected chi connectivity index (χ4v) is 4.79. The number of aromatic nitrogens is 2. The molecule has 0 bridgehead atoms. The zero-order chi connectivity index (χ0) is 21.2. The molecule has 30 heavy (non-hydrogen) atoms. The number of benzene rings is 1. The van der Waals surface area contributed by atoms with Crippen LogP contribution in [0.1, 0.15) is 37.0 Å². The van der Waals surface area contributed by atoms with Crippen LogP contribution < -0.4 is 10.1 Å². The number of carbonyl (C=O) groups is 2. The molecular weight excluding hydrogens is 384 g/mol. The first-order valence-electron chi connectivity index (χ1n) is 9.92. The highest BCUT2D eigenvalue weighted by Gasteiger charge is 2.50. The predicted octanol–water partition coefficient (Wildman–Crippen LogP) is 2.08. The van der Waals surface area contributed by atoms with E-state index in [9.17, 15) is 14.4 Å². The van der Waals surface area contributed by atoms with Crippen LogP contribution >= 0.6 is 0 Å². The lowest BCUT2D eigenvalue weighted by molar-refractivity contribution is -0.633. The fraction of sp³-hybridized carbons (Fsp3) is 0.304. The first-order valence-corrected chi connectivity index (χ1v) is 9.92. The zero-order valence-electron chi connectivity index (χ0n) is 17.0. The van der Waals surface area contributed by atoms with Crippen LogP contribution in [0.2, 0.25) is 0 Å². The predicted molar refractivity (Wildman–Crippen MR) is 107 cm³/mol. The van der Waals surface area contributed by atoms with Crippen molar-refractivity contribution < 1.29 is 23.6 Å². The molecule has 0 saturated carbocycles. The minimum absolute atomic E-state index is 0.124. The van der Waals surface area contributed by atoms with Crippen LogP contribution in [0, 0.1) is 0 Å². The summed E-state index contributed by atoms with van der Waals surface area (Å²) >= 11 is 0. The van der Waals surface area contributed by atoms with Gasteiger partial charge in [0, 0.05) is 29.5 Å². The fourth-order valence-electron chi connectivity index (χ4n) is 4.79. The Labute approximate surface area is 172 Å². The number of cyclic esters (lactones) is 1. The van der Waals surface area contributed by atoms with Crippen LogP contribution in [0.4, 0.5) is 0 Å². The van der Waals surface area contributed by atoms with E-state index >= 15 is 0 Å². The quantitative estimate of drug-likeness (QED) is 0.377. The third-order valence-corrected chi connectivity index (χ3v) is 6.17. The van der Waals surface area contributed by atoms with Gasteiger partial charge in [-0.15, -0.1) is 0 Å². The highest BCUT2D eigenvalue weighted by molar-refractivity contribution is 5.87. The molecule has 7 heteroatoms. The average molecular weight is 405 g/mol. The standard InChI is InChI=1S/C23H21N2O5/c1-4-23(30-13(2)26)17-10-19-20-15(9-14-7-5-6-8-18(14)24(20)3)11-25(19)21(27)16(17)12-29-22(23)28/h5-10H,4,11-12H2,1-3H3/q+1. The summed E-state index contributed by atoms with van der Waals surface area (Å²) in [7, 11) is 1.97. The zero-order valence-corrected chi connectivity index (χ0v) is 17.0. The number of fused-ring (bicyclic) bond motifs is 5. The van der Waals surface area contributed by atoms with Crippen molar-refractivity contribution in [2.75, 3.05) is 0 Å². The molecule has 1 atom stereocenters. The molecule has 2 aliphatic heterocycles. The van der Waals surface area contributed by atoms with Gasteiger partial charge in [0.05, 0.1) is 12.1 Å². The van der Waals surface area contributed by atoms with Gasteiger partial charge in [-0.05, 0) is 24.6 Å². The Morgan fingerprint density at radius 3 is 2.77 bits per heavy atom. The van der Waals surface area contributed by atoms with E-state index in [1.165, 1.54) is 6.92 Å². The molecule has 0 amide bonds. The van der Waals surface area contributed by atoms with Gasteiger partial charge in [-0.1, -0.05) is 19.1 Å². The van der Waals surface area contributed by atoms with Crippen molar-refractivity contribution >= 4 is 22.8 Å². The number of hydrogen-bond donors (Lipinski definition) is 0. The molecule has 1 unspecified atom stereocenters. The van der Waals surface area contributed by atoms with E-state index in [1.807, 2.05) is 37.4 Å². The molecule has 1 aromatic carbocycles. The van der Waals surface area contributed by atoms with Crippen LogP contribution in [0.3, 0.4) is 0 Å². The molecule has 7 nitrogen and oxygen atoms in total. The van der Waals surface area contributed by atoms with Gasteiger partial charge in [-0.3, -0.25) is 14.2 Å². The topological polar surface area (TPSA) is 78.5 Å². The first-order chi connectivity index (χ1) is 14.4. The Morgan fingerprint density at radius 1 is 1.27 bits per heavy atom. The van der Waals surface area contributed by atoms with Crippen LogP contribution in [0.15, 0.2) is 41.2 Å². The minimum Gasteiger partial charge on any atom is -0.457 e. The summed E-state index contributed by atoms with van der Waals surface area (Å²) in [6, 6.07) is 12.0. The molecule has 0 N–H and O–H groups in total. The molecule has 0 radical (unpaired) electrons. The first kappa shape index (κ1) is 18.5. The number of pyridine rings is 2. The van der Waals surface area contributed by atoms with Gasteiger partial charge < -0.3 is 9.47 Å². The van der Waals surface area contributed by atoms with Crippen molar-refractivity contribution in [1.82, 2.24) is 4.57 Å². The molecule has 0 spiro atoms. The summed E-state index contributed by atoms with van der Waals surface area (Å²) in [5.74, 6) is -1.24. The molecule has 3 aromatic rings. The van der Waals surface area contributed by atoms with Gasteiger partial charge in [0.2, 0.25) is 16.8 Å². The SMILES string of the molecule is CCC1(OC(C)=O)C(=O)OCc2c1cc1n(c2=O)Cc2cc3ccccc3[n+](C)c2-1. The Bertz CT molecular complexity index is 1320. The third-order valence-electron chi connectivity index (χ3n) is 6.17. The second kappa shape index (κ2) is 6.26. The van der Waals surface area contributed by atoms with Gasteiger partial charge in [0.15, 0.2) is 0 Å². The smallest absolute Gasteiger partial charge is 0.355 e. The molecule has 0 fully saturated rings. The Kier molecular flexibility index (Phi) is 3.87. The number of esters is 2. The van der Waals surface area contributed by atoms with Crippen LogP contribution in [-0.4, -0.2) is 16.5 Å². The number of carbonyl (C=O) groups excluding carboxylic acids is 2. The van der Waals surface area contributed by atoms with E-state index in [0.717, 1.165) is 22.2 Å². The Morgan fingerprint density at radius 2 is 2.03 bits per heavy atom. The number of para-hydroxylation sites is 1. The van der Waals surface area contributed by atoms with E-state index in [1.54, 1.807) is 11.5 Å². The molecular formula is C23H21N2O5+. The maximum Gasteiger partial charge on any atom is 0.355 e. The van der Waals surface area contributed by atoms with Gasteiger partial charge in [0.1, 0.15) is 19.3 Å². The van der Waals surface area contributed by atoms with Gasteiger partial charge >= 0.3 is 11.9 Å². The van der Waals surface area contributed by atoms with Gasteiger partial charge in [-0.25, -0.2) is 4.79 Å². The van der Waals surface area contributed by atoms with E-state index in [2.05, 4.69) is 10.6 Å². The number of rotatable bonds is 2. The van der Waals surface area contributed by atoms with Crippen LogP contribution in [0.5, 0.6) is 0 Å². The second-order valence-corrected chi connectivity index (χ2v) is 7.80. The largest absolute Gasteiger partial charge is 0.457 e. The van der Waals surface area contributed by atoms with Crippen LogP contribution in [-0.2, 0) is 44.9 Å². The highest BCUT2D eigenvalue weighted by atomic mass is 16.6. The molecule has 5 rings (SSSR count). The van der Waals surface area contributed by atoms with Crippen molar-refractivity contribution in [2.24, 2.45) is 7.05 Å². The summed E-state index contributed by atoms with van der Waals surface area (Å²) < 4.78 is 14.6. The van der Waals surface area contributed by atoms with E-state index in [0.29, 0.717) is 23.4 Å². The number of aryl methyl sites for hydroxylation is 1. The summed E-state index contributed by atoms with van der Waals surface area (Å²) in [4.78, 5) is 38.0. The summed E-state index contributed by atoms with van der Waals surface area (Å²) in [6.45, 7) is 3.31. The molecule has 152 valence electrons. The monoisotopic (exact) mass is 405 g/mol. The molecule has 2 aliphatic rings. The van der Waals surface area contributed by atoms with E-state index in [4.69, 9.17) is 9.47 Å². The van der Waals surface area contributed by atoms with Crippen molar-refractivity contribution in [1.29, 1.82) is 0 Å². The average Bonchev–Trinajstić information content (AvgIpc) is 3.09. The number of hydrogen-bond acceptors (Lipinski definition) is 5. The lowest BCUT2D eigenvalue weighted by Gasteiger charge is -2.35. The normalized spacial score (nSPS) is 19.1. The van der Waals surface area contributed by atoms with Crippen LogP contribution in [0.25, 0.3) is 22.3 Å². The maximum atomic E-state index is 13.4. The molecule has 0 saturated heterocycles. The lowest BCUT2D eigenvalue weighted by atomic mass is 9.85. The number of ether oxygens (including phenoxy) is 2. The lowest BCUT2D eigenvalue weighted by Crippen LogP contribution is -2.47. The van der Waals surface area contributed by atoms with E-state index in [-0.39, 0.29) is 18.6 Å². The summed E-state index contributed by atoms with van der Waals surface area (Å²) in [5, 5.41) is 1.09. The van der Waals surface area contributed by atoms with Crippen molar-refractivity contribution in [3.63, 3.8) is 0 Å². The van der Waals surface area contributed by atoms with E-state index < -0.39 is 17.5 Å².